The van der Waals surface area contributed by atoms with Crippen LogP contribution in [0.4, 0.5) is 0 Å². The van der Waals surface area contributed by atoms with Gasteiger partial charge >= 0.3 is 0 Å². The summed E-state index contributed by atoms with van der Waals surface area (Å²) in [6, 6.07) is 58.6. The summed E-state index contributed by atoms with van der Waals surface area (Å²) in [5.41, 5.74) is 15.3. The number of hydrogen-bond acceptors (Lipinski definition) is 3. The zero-order valence-corrected chi connectivity index (χ0v) is 28.9. The third-order valence-corrected chi connectivity index (χ3v) is 10.4. The Morgan fingerprint density at radius 2 is 0.712 bits per heavy atom. The maximum absolute atomic E-state index is 5.18. The molecule has 1 aliphatic carbocycles. The molecule has 0 bridgehead atoms. The van der Waals surface area contributed by atoms with Gasteiger partial charge in [0.2, 0.25) is 0 Å². The van der Waals surface area contributed by atoms with Crippen LogP contribution >= 0.6 is 0 Å². The molecular weight excluding hydrogens is 631 g/mol. The van der Waals surface area contributed by atoms with Crippen LogP contribution in [-0.4, -0.2) is 15.0 Å². The Labute approximate surface area is 303 Å². The highest BCUT2D eigenvalue weighted by Gasteiger charge is 2.31. The van der Waals surface area contributed by atoms with Crippen LogP contribution in [0.5, 0.6) is 0 Å². The molecule has 52 heavy (non-hydrogen) atoms. The van der Waals surface area contributed by atoms with Gasteiger partial charge in [0.05, 0.1) is 0 Å². The van der Waals surface area contributed by atoms with Crippen LogP contribution < -0.4 is 0 Å². The second kappa shape index (κ2) is 12.0. The van der Waals surface area contributed by atoms with Crippen LogP contribution in [0.25, 0.3) is 100 Å². The van der Waals surface area contributed by atoms with Crippen molar-refractivity contribution >= 4 is 21.5 Å². The zero-order chi connectivity index (χ0) is 34.8. The maximum Gasteiger partial charge on any atom is 0.164 e. The van der Waals surface area contributed by atoms with Gasteiger partial charge in [0.1, 0.15) is 0 Å². The first-order chi connectivity index (χ1) is 25.6. The zero-order valence-electron chi connectivity index (χ0n) is 28.9. The summed E-state index contributed by atoms with van der Waals surface area (Å²) in [4.78, 5) is 15.4. The van der Waals surface area contributed by atoms with Crippen LogP contribution in [0.2, 0.25) is 0 Å². The molecule has 0 saturated carbocycles. The minimum absolute atomic E-state index is 0.663. The van der Waals surface area contributed by atoms with Gasteiger partial charge in [-0.15, -0.1) is 0 Å². The second-order valence-corrected chi connectivity index (χ2v) is 13.7. The lowest BCUT2D eigenvalue weighted by atomic mass is 9.82. The molecule has 0 amide bonds. The Morgan fingerprint density at radius 3 is 1.23 bits per heavy atom. The van der Waals surface area contributed by atoms with Gasteiger partial charge in [0.15, 0.2) is 17.5 Å². The predicted octanol–water partition coefficient (Wildman–Crippen LogP) is 12.8. The quantitative estimate of drug-likeness (QED) is 0.184. The number of benzene rings is 8. The molecule has 244 valence electrons. The summed E-state index contributed by atoms with van der Waals surface area (Å²) >= 11 is 0. The minimum Gasteiger partial charge on any atom is -0.208 e. The van der Waals surface area contributed by atoms with Crippen molar-refractivity contribution in [3.63, 3.8) is 0 Å². The first-order valence-corrected chi connectivity index (χ1v) is 17.8. The van der Waals surface area contributed by atoms with Crippen molar-refractivity contribution < 1.29 is 0 Å². The molecule has 9 aromatic rings. The maximum atomic E-state index is 5.18. The molecule has 0 aliphatic heterocycles. The third-order valence-electron chi connectivity index (χ3n) is 10.4. The molecule has 0 radical (unpaired) electrons. The van der Waals surface area contributed by atoms with Gasteiger partial charge in [-0.2, -0.15) is 0 Å². The standard InChI is InChI=1S/C49H33N3/c1-30-20-24-34(25-21-30)47-50-48(35-26-22-31(2)23-27-35)52-49(51-47)39-28-29-41-44-38(39)18-11-19-40(44)45-42(32-12-5-3-6-13-32)36-16-9-10-17-37(36)43(46(41)45)33-14-7-4-8-15-33/h3-29H,1-2H3. The van der Waals surface area contributed by atoms with Crippen LogP contribution in [-0.2, 0) is 0 Å². The Balaban J connectivity index is 1.28. The van der Waals surface area contributed by atoms with Crippen LogP contribution in [0.15, 0.2) is 164 Å². The van der Waals surface area contributed by atoms with E-state index in [0.29, 0.717) is 17.5 Å². The summed E-state index contributed by atoms with van der Waals surface area (Å²) in [5, 5.41) is 4.86. The fourth-order valence-corrected chi connectivity index (χ4v) is 7.96. The molecule has 0 N–H and O–H groups in total. The van der Waals surface area contributed by atoms with E-state index in [-0.39, 0.29) is 0 Å². The summed E-state index contributed by atoms with van der Waals surface area (Å²) in [6.45, 7) is 4.20. The van der Waals surface area contributed by atoms with Gasteiger partial charge in [-0.25, -0.2) is 15.0 Å². The summed E-state index contributed by atoms with van der Waals surface area (Å²) < 4.78 is 0. The Bertz CT molecular complexity index is 2670. The van der Waals surface area contributed by atoms with Crippen molar-refractivity contribution in [1.29, 1.82) is 0 Å². The van der Waals surface area contributed by atoms with E-state index < -0.39 is 0 Å². The Kier molecular flexibility index (Phi) is 6.94. The molecule has 0 atom stereocenters. The van der Waals surface area contributed by atoms with Crippen LogP contribution in [0.1, 0.15) is 11.1 Å². The van der Waals surface area contributed by atoms with Crippen LogP contribution in [0, 0.1) is 13.8 Å². The third kappa shape index (κ3) is 4.78. The van der Waals surface area contributed by atoms with E-state index >= 15 is 0 Å². The van der Waals surface area contributed by atoms with Gasteiger partial charge in [0, 0.05) is 16.7 Å². The molecule has 0 spiro atoms. The number of rotatable bonds is 5. The Hall–Kier alpha value is -6.71. The summed E-state index contributed by atoms with van der Waals surface area (Å²) in [5.74, 6) is 1.99. The van der Waals surface area contributed by atoms with Crippen molar-refractivity contribution in [2.75, 3.05) is 0 Å². The molecule has 0 unspecified atom stereocenters. The first kappa shape index (κ1) is 30.1. The lowest BCUT2D eigenvalue weighted by Crippen LogP contribution is -2.00. The second-order valence-electron chi connectivity index (χ2n) is 13.7. The molecule has 1 aromatic heterocycles. The average molecular weight is 664 g/mol. The molecule has 10 rings (SSSR count). The highest BCUT2D eigenvalue weighted by Crippen LogP contribution is 2.58. The van der Waals surface area contributed by atoms with E-state index in [4.69, 9.17) is 15.0 Å². The fraction of sp³-hybridized carbons (Fsp3) is 0.0408. The SMILES string of the molecule is Cc1ccc(-c2nc(-c3ccc(C)cc3)nc(-c3ccc4c5c(cccc35)-c3c-4c(-c4ccccc4)c4ccccc4c3-c3ccccc3)n2)cc1. The predicted molar refractivity (Wildman–Crippen MR) is 216 cm³/mol. The molecule has 0 fully saturated rings. The summed E-state index contributed by atoms with van der Waals surface area (Å²) in [7, 11) is 0. The van der Waals surface area contributed by atoms with E-state index in [1.54, 1.807) is 0 Å². The number of aromatic nitrogens is 3. The largest absolute Gasteiger partial charge is 0.208 e. The Morgan fingerprint density at radius 1 is 0.288 bits per heavy atom. The van der Waals surface area contributed by atoms with Crippen molar-refractivity contribution in [1.82, 2.24) is 15.0 Å². The molecule has 1 aliphatic rings. The monoisotopic (exact) mass is 663 g/mol. The molecule has 3 nitrogen and oxygen atoms in total. The van der Waals surface area contributed by atoms with Crippen molar-refractivity contribution in [3.8, 4) is 78.7 Å². The molecule has 1 heterocycles. The lowest BCUT2D eigenvalue weighted by Gasteiger charge is -2.20. The van der Waals surface area contributed by atoms with Gasteiger partial charge in [-0.1, -0.05) is 169 Å². The van der Waals surface area contributed by atoms with Crippen molar-refractivity contribution in [2.45, 2.75) is 13.8 Å². The van der Waals surface area contributed by atoms with E-state index in [1.165, 1.54) is 71.8 Å². The normalized spacial score (nSPS) is 11.7. The number of nitrogens with zero attached hydrogens (tertiary/aromatic N) is 3. The molecule has 3 heteroatoms. The highest BCUT2D eigenvalue weighted by atomic mass is 15.0. The lowest BCUT2D eigenvalue weighted by molar-refractivity contribution is 1.08. The molecular formula is C49H33N3. The van der Waals surface area contributed by atoms with Crippen molar-refractivity contribution in [3.05, 3.63) is 175 Å². The minimum atomic E-state index is 0.663. The number of aryl methyl sites for hydroxylation is 2. The topological polar surface area (TPSA) is 38.7 Å². The first-order valence-electron chi connectivity index (χ1n) is 17.8. The van der Waals surface area contributed by atoms with Gasteiger partial charge < -0.3 is 0 Å². The number of hydrogen-bond donors (Lipinski definition) is 0. The van der Waals surface area contributed by atoms with E-state index in [0.717, 1.165) is 22.1 Å². The van der Waals surface area contributed by atoms with Crippen LogP contribution in [0.3, 0.4) is 0 Å². The highest BCUT2D eigenvalue weighted by molar-refractivity contribution is 6.28. The van der Waals surface area contributed by atoms with E-state index in [1.807, 2.05) is 0 Å². The van der Waals surface area contributed by atoms with E-state index in [9.17, 15) is 0 Å². The average Bonchev–Trinajstić information content (AvgIpc) is 3.53. The fourth-order valence-electron chi connectivity index (χ4n) is 7.96. The smallest absolute Gasteiger partial charge is 0.164 e. The van der Waals surface area contributed by atoms with E-state index in [2.05, 4.69) is 178 Å². The number of fused-ring (bicyclic) bond motifs is 4. The van der Waals surface area contributed by atoms with Gasteiger partial charge in [-0.3, -0.25) is 0 Å². The summed E-state index contributed by atoms with van der Waals surface area (Å²) in [6.07, 6.45) is 0. The molecule has 0 saturated heterocycles. The van der Waals surface area contributed by atoms with Gasteiger partial charge in [0.25, 0.3) is 0 Å². The van der Waals surface area contributed by atoms with Crippen molar-refractivity contribution in [2.24, 2.45) is 0 Å². The van der Waals surface area contributed by atoms with Gasteiger partial charge in [-0.05, 0) is 86.0 Å². The molecule has 8 aromatic carbocycles.